The molecule has 0 radical (unpaired) electrons. The Morgan fingerprint density at radius 1 is 1.35 bits per heavy atom. The maximum atomic E-state index is 12.3. The number of ether oxygens (including phenoxy) is 1. The van der Waals surface area contributed by atoms with Crippen LogP contribution in [-0.4, -0.2) is 18.0 Å². The number of anilines is 2. The van der Waals surface area contributed by atoms with Gasteiger partial charge in [-0.15, -0.1) is 0 Å². The van der Waals surface area contributed by atoms with Crippen molar-refractivity contribution in [1.29, 1.82) is 0 Å². The van der Waals surface area contributed by atoms with Crippen LogP contribution in [0.25, 0.3) is 0 Å². The molecule has 0 aliphatic carbocycles. The minimum Gasteiger partial charge on any atom is -0.495 e. The highest BCUT2D eigenvalue weighted by Crippen LogP contribution is 2.26. The summed E-state index contributed by atoms with van der Waals surface area (Å²) >= 11 is 0. The monoisotopic (exact) mass is 272 g/mol. The number of aromatic nitrogens is 1. The zero-order valence-corrected chi connectivity index (χ0v) is 11.3. The summed E-state index contributed by atoms with van der Waals surface area (Å²) in [5.41, 5.74) is 4.38. The molecule has 0 aliphatic heterocycles. The predicted octanol–water partition coefficient (Wildman–Crippen LogP) is 1.94. The number of aryl methyl sites for hydroxylation is 1. The summed E-state index contributed by atoms with van der Waals surface area (Å²) < 4.78 is 5.22. The molecular formula is C14H16N4O2. The van der Waals surface area contributed by atoms with Gasteiger partial charge >= 0.3 is 0 Å². The van der Waals surface area contributed by atoms with E-state index in [1.165, 1.54) is 0 Å². The van der Waals surface area contributed by atoms with Crippen molar-refractivity contribution in [1.82, 2.24) is 4.98 Å². The Kier molecular flexibility index (Phi) is 4.17. The first-order valence-electron chi connectivity index (χ1n) is 6.03. The van der Waals surface area contributed by atoms with Crippen LogP contribution in [0.4, 0.5) is 11.5 Å². The summed E-state index contributed by atoms with van der Waals surface area (Å²) in [5.74, 6) is 5.94. The van der Waals surface area contributed by atoms with Gasteiger partial charge in [0, 0.05) is 6.20 Å². The van der Waals surface area contributed by atoms with Gasteiger partial charge in [0.2, 0.25) is 0 Å². The molecule has 20 heavy (non-hydrogen) atoms. The Bertz CT molecular complexity index is 628. The number of hydrazine groups is 1. The van der Waals surface area contributed by atoms with Crippen LogP contribution in [0.5, 0.6) is 5.75 Å². The normalized spacial score (nSPS) is 9.95. The lowest BCUT2D eigenvalue weighted by Crippen LogP contribution is -2.18. The first-order valence-corrected chi connectivity index (χ1v) is 6.03. The molecule has 2 rings (SSSR count). The largest absolute Gasteiger partial charge is 0.495 e. The fourth-order valence-electron chi connectivity index (χ4n) is 1.81. The SMILES string of the molecule is COc1ccc(C)cc1NC(=O)c1cccnc1NN. The number of amides is 1. The molecule has 1 amide bonds. The standard InChI is InChI=1S/C14H16N4O2/c1-9-5-6-12(20-2)11(8-9)17-14(19)10-4-3-7-16-13(10)18-15/h3-8H,15H2,1-2H3,(H,16,18)(H,17,19). The third-order valence-corrected chi connectivity index (χ3v) is 2.79. The maximum absolute atomic E-state index is 12.3. The minimum absolute atomic E-state index is 0.310. The molecule has 4 N–H and O–H groups in total. The van der Waals surface area contributed by atoms with Crippen molar-refractivity contribution in [3.8, 4) is 5.75 Å². The van der Waals surface area contributed by atoms with Gasteiger partial charge in [0.15, 0.2) is 5.82 Å². The number of rotatable bonds is 4. The molecule has 0 saturated heterocycles. The van der Waals surface area contributed by atoms with E-state index in [1.54, 1.807) is 31.5 Å². The van der Waals surface area contributed by atoms with Crippen LogP contribution in [0.1, 0.15) is 15.9 Å². The molecule has 0 aliphatic rings. The number of hydrogen-bond donors (Lipinski definition) is 3. The smallest absolute Gasteiger partial charge is 0.259 e. The van der Waals surface area contributed by atoms with E-state index in [1.807, 2.05) is 19.1 Å². The Labute approximate surface area is 116 Å². The van der Waals surface area contributed by atoms with Crippen molar-refractivity contribution in [2.45, 2.75) is 6.92 Å². The molecule has 0 unspecified atom stereocenters. The molecule has 2 aromatic rings. The number of benzene rings is 1. The van der Waals surface area contributed by atoms with E-state index in [2.05, 4.69) is 15.7 Å². The summed E-state index contributed by atoms with van der Waals surface area (Å²) in [6, 6.07) is 8.85. The second-order valence-corrected chi connectivity index (χ2v) is 4.20. The van der Waals surface area contributed by atoms with E-state index in [4.69, 9.17) is 10.6 Å². The predicted molar refractivity (Wildman–Crippen MR) is 77.7 cm³/mol. The van der Waals surface area contributed by atoms with Crippen molar-refractivity contribution in [2.75, 3.05) is 17.9 Å². The Hall–Kier alpha value is -2.60. The van der Waals surface area contributed by atoms with E-state index in [9.17, 15) is 4.79 Å². The molecule has 1 aromatic heterocycles. The number of nitrogens with zero attached hydrogens (tertiary/aromatic N) is 1. The zero-order valence-electron chi connectivity index (χ0n) is 11.3. The van der Waals surface area contributed by atoms with Gasteiger partial charge in [-0.2, -0.15) is 0 Å². The van der Waals surface area contributed by atoms with E-state index in [0.29, 0.717) is 22.8 Å². The minimum atomic E-state index is -0.310. The van der Waals surface area contributed by atoms with Crippen LogP contribution in [0.3, 0.4) is 0 Å². The van der Waals surface area contributed by atoms with Gasteiger partial charge in [-0.3, -0.25) is 4.79 Å². The van der Waals surface area contributed by atoms with Gasteiger partial charge in [0.05, 0.1) is 18.4 Å². The molecule has 0 spiro atoms. The summed E-state index contributed by atoms with van der Waals surface area (Å²) in [4.78, 5) is 16.3. The summed E-state index contributed by atoms with van der Waals surface area (Å²) in [5, 5.41) is 2.79. The van der Waals surface area contributed by atoms with Gasteiger partial charge in [-0.1, -0.05) is 6.07 Å². The van der Waals surface area contributed by atoms with Crippen LogP contribution in [-0.2, 0) is 0 Å². The number of nitrogens with one attached hydrogen (secondary N) is 2. The van der Waals surface area contributed by atoms with Crippen molar-refractivity contribution < 1.29 is 9.53 Å². The van der Waals surface area contributed by atoms with E-state index < -0.39 is 0 Å². The number of pyridine rings is 1. The number of methoxy groups -OCH3 is 1. The van der Waals surface area contributed by atoms with Crippen molar-refractivity contribution in [3.63, 3.8) is 0 Å². The second kappa shape index (κ2) is 6.03. The van der Waals surface area contributed by atoms with Crippen molar-refractivity contribution in [3.05, 3.63) is 47.7 Å². The highest BCUT2D eigenvalue weighted by Gasteiger charge is 2.13. The Balaban J connectivity index is 2.30. The molecule has 1 aromatic carbocycles. The maximum Gasteiger partial charge on any atom is 0.259 e. The number of nitrogens with two attached hydrogens (primary N) is 1. The number of hydrogen-bond acceptors (Lipinski definition) is 5. The molecule has 0 bridgehead atoms. The van der Waals surface area contributed by atoms with Crippen LogP contribution < -0.4 is 21.3 Å². The topological polar surface area (TPSA) is 89.3 Å². The second-order valence-electron chi connectivity index (χ2n) is 4.20. The van der Waals surface area contributed by atoms with E-state index >= 15 is 0 Å². The quantitative estimate of drug-likeness (QED) is 0.584. The molecule has 0 atom stereocenters. The molecule has 0 fully saturated rings. The lowest BCUT2D eigenvalue weighted by Gasteiger charge is -2.12. The van der Waals surface area contributed by atoms with Gasteiger partial charge in [-0.05, 0) is 36.8 Å². The molecular weight excluding hydrogens is 256 g/mol. The van der Waals surface area contributed by atoms with Gasteiger partial charge in [0.1, 0.15) is 5.75 Å². The first-order chi connectivity index (χ1) is 9.65. The van der Waals surface area contributed by atoms with Crippen molar-refractivity contribution >= 4 is 17.4 Å². The molecule has 6 heteroatoms. The molecule has 104 valence electrons. The van der Waals surface area contributed by atoms with Crippen LogP contribution >= 0.6 is 0 Å². The van der Waals surface area contributed by atoms with E-state index in [-0.39, 0.29) is 5.91 Å². The average Bonchev–Trinajstić information content (AvgIpc) is 2.47. The summed E-state index contributed by atoms with van der Waals surface area (Å²) in [6.07, 6.45) is 1.55. The summed E-state index contributed by atoms with van der Waals surface area (Å²) in [6.45, 7) is 1.94. The Morgan fingerprint density at radius 3 is 2.85 bits per heavy atom. The highest BCUT2D eigenvalue weighted by atomic mass is 16.5. The Morgan fingerprint density at radius 2 is 2.15 bits per heavy atom. The van der Waals surface area contributed by atoms with E-state index in [0.717, 1.165) is 5.56 Å². The fraction of sp³-hybridized carbons (Fsp3) is 0.143. The third-order valence-electron chi connectivity index (χ3n) is 2.79. The lowest BCUT2D eigenvalue weighted by molar-refractivity contribution is 0.102. The molecule has 6 nitrogen and oxygen atoms in total. The number of carbonyl (C=O) groups is 1. The fourth-order valence-corrected chi connectivity index (χ4v) is 1.81. The van der Waals surface area contributed by atoms with Gasteiger partial charge in [0.25, 0.3) is 5.91 Å². The number of nitrogen functional groups attached to an aromatic ring is 1. The first kappa shape index (κ1) is 13.8. The van der Waals surface area contributed by atoms with Crippen LogP contribution in [0.15, 0.2) is 36.5 Å². The number of carbonyl (C=O) groups excluding carboxylic acids is 1. The van der Waals surface area contributed by atoms with Crippen molar-refractivity contribution in [2.24, 2.45) is 5.84 Å². The average molecular weight is 272 g/mol. The van der Waals surface area contributed by atoms with Crippen LogP contribution in [0, 0.1) is 6.92 Å². The van der Waals surface area contributed by atoms with Gasteiger partial charge < -0.3 is 15.5 Å². The lowest BCUT2D eigenvalue weighted by atomic mass is 10.2. The zero-order chi connectivity index (χ0) is 14.5. The summed E-state index contributed by atoms with van der Waals surface area (Å²) in [7, 11) is 1.55. The third kappa shape index (κ3) is 2.86. The highest BCUT2D eigenvalue weighted by molar-refractivity contribution is 6.08. The van der Waals surface area contributed by atoms with Crippen LogP contribution in [0.2, 0.25) is 0 Å². The van der Waals surface area contributed by atoms with Gasteiger partial charge in [-0.25, -0.2) is 10.8 Å². The molecule has 0 saturated carbocycles. The molecule has 1 heterocycles.